The molecular formula is C24H34N4O2+2. The van der Waals surface area contributed by atoms with Crippen molar-refractivity contribution in [2.24, 2.45) is 0 Å². The van der Waals surface area contributed by atoms with Gasteiger partial charge in [-0.25, -0.2) is 0 Å². The summed E-state index contributed by atoms with van der Waals surface area (Å²) in [5, 5.41) is 5.67. The molecular weight excluding hydrogens is 376 g/mol. The molecule has 1 aliphatic heterocycles. The lowest BCUT2D eigenvalue weighted by molar-refractivity contribution is -1.02. The van der Waals surface area contributed by atoms with E-state index in [2.05, 4.69) is 48.9 Å². The maximum atomic E-state index is 12.5. The second-order valence-electron chi connectivity index (χ2n) is 8.39. The summed E-state index contributed by atoms with van der Waals surface area (Å²) in [6.07, 6.45) is 0. The van der Waals surface area contributed by atoms with Gasteiger partial charge in [-0.05, 0) is 19.4 Å². The van der Waals surface area contributed by atoms with Crippen molar-refractivity contribution in [3.8, 4) is 0 Å². The van der Waals surface area contributed by atoms with E-state index in [0.717, 1.165) is 31.7 Å². The molecule has 0 spiro atoms. The number of rotatable bonds is 6. The van der Waals surface area contributed by atoms with Gasteiger partial charge in [0, 0.05) is 5.56 Å². The molecule has 1 fully saturated rings. The van der Waals surface area contributed by atoms with Crippen LogP contribution in [0, 0.1) is 6.92 Å². The molecule has 30 heavy (non-hydrogen) atoms. The molecule has 0 unspecified atom stereocenters. The maximum absolute atomic E-state index is 12.5. The fourth-order valence-corrected chi connectivity index (χ4v) is 4.01. The lowest BCUT2D eigenvalue weighted by Gasteiger charge is -2.33. The van der Waals surface area contributed by atoms with E-state index in [1.54, 1.807) is 4.90 Å². The Morgan fingerprint density at radius 2 is 1.53 bits per heavy atom. The van der Waals surface area contributed by atoms with E-state index < -0.39 is 11.8 Å². The van der Waals surface area contributed by atoms with Crippen LogP contribution in [0.4, 0.5) is 0 Å². The van der Waals surface area contributed by atoms with Gasteiger partial charge in [-0.2, -0.15) is 0 Å². The lowest BCUT2D eigenvalue weighted by Crippen LogP contribution is -3.27. The minimum atomic E-state index is -0.591. The van der Waals surface area contributed by atoms with Crippen molar-refractivity contribution in [3.05, 3.63) is 71.3 Å². The number of quaternary nitrogens is 2. The molecule has 0 saturated carbocycles. The van der Waals surface area contributed by atoms with Crippen molar-refractivity contribution in [1.29, 1.82) is 0 Å². The zero-order valence-corrected chi connectivity index (χ0v) is 18.2. The zero-order valence-electron chi connectivity index (χ0n) is 18.2. The van der Waals surface area contributed by atoms with Crippen molar-refractivity contribution in [2.75, 3.05) is 39.8 Å². The van der Waals surface area contributed by atoms with E-state index in [9.17, 15) is 9.59 Å². The fourth-order valence-electron chi connectivity index (χ4n) is 4.01. The van der Waals surface area contributed by atoms with Crippen LogP contribution >= 0.6 is 0 Å². The fraction of sp³-hybridized carbons (Fsp3) is 0.417. The van der Waals surface area contributed by atoms with Crippen LogP contribution in [-0.2, 0) is 9.59 Å². The number of amides is 2. The van der Waals surface area contributed by atoms with Crippen LogP contribution < -0.4 is 20.4 Å². The highest BCUT2D eigenvalue weighted by molar-refractivity contribution is 6.35. The molecule has 1 saturated heterocycles. The molecule has 0 aliphatic carbocycles. The van der Waals surface area contributed by atoms with Crippen molar-refractivity contribution in [1.82, 2.24) is 10.6 Å². The van der Waals surface area contributed by atoms with Crippen LogP contribution in [0.15, 0.2) is 54.6 Å². The lowest BCUT2D eigenvalue weighted by atomic mass is 10.0. The number of hydrogen-bond donors (Lipinski definition) is 4. The Labute approximate surface area is 179 Å². The molecule has 1 aliphatic rings. The average Bonchev–Trinajstić information content (AvgIpc) is 2.76. The molecule has 6 heteroatoms. The second kappa shape index (κ2) is 10.4. The van der Waals surface area contributed by atoms with Crippen LogP contribution in [0.3, 0.4) is 0 Å². The largest absolute Gasteiger partial charge is 0.341 e. The van der Waals surface area contributed by atoms with Crippen LogP contribution in [0.5, 0.6) is 0 Å². The van der Waals surface area contributed by atoms with Crippen molar-refractivity contribution < 1.29 is 19.4 Å². The van der Waals surface area contributed by atoms with Crippen molar-refractivity contribution in [2.45, 2.75) is 25.9 Å². The predicted molar refractivity (Wildman–Crippen MR) is 117 cm³/mol. The van der Waals surface area contributed by atoms with Gasteiger partial charge in [0.1, 0.15) is 32.2 Å². The summed E-state index contributed by atoms with van der Waals surface area (Å²) < 4.78 is 0. The summed E-state index contributed by atoms with van der Waals surface area (Å²) in [5.74, 6) is -1.17. The molecule has 0 radical (unpaired) electrons. The first kappa shape index (κ1) is 22.0. The monoisotopic (exact) mass is 410 g/mol. The Balaban J connectivity index is 1.62. The number of nitrogens with one attached hydrogen (secondary N) is 4. The molecule has 4 N–H and O–H groups in total. The Bertz CT molecular complexity index is 830. The Morgan fingerprint density at radius 3 is 2.17 bits per heavy atom. The molecule has 160 valence electrons. The Hall–Kier alpha value is -2.70. The smallest absolute Gasteiger partial charge is 0.309 e. The first-order valence-electron chi connectivity index (χ1n) is 10.8. The van der Waals surface area contributed by atoms with E-state index in [0.29, 0.717) is 6.54 Å². The number of aryl methyl sites for hydroxylation is 1. The Morgan fingerprint density at radius 1 is 0.900 bits per heavy atom. The first-order valence-corrected chi connectivity index (χ1v) is 10.8. The predicted octanol–water partition coefficient (Wildman–Crippen LogP) is -0.557. The summed E-state index contributed by atoms with van der Waals surface area (Å²) in [6.45, 7) is 8.73. The van der Waals surface area contributed by atoms with Gasteiger partial charge in [0.05, 0.1) is 19.6 Å². The third kappa shape index (κ3) is 5.90. The van der Waals surface area contributed by atoms with Gasteiger partial charge in [0.2, 0.25) is 0 Å². The quantitative estimate of drug-likeness (QED) is 0.483. The third-order valence-electron chi connectivity index (χ3n) is 6.04. The van der Waals surface area contributed by atoms with Crippen molar-refractivity contribution >= 4 is 11.8 Å². The first-order chi connectivity index (χ1) is 14.4. The van der Waals surface area contributed by atoms with Gasteiger partial charge in [0.15, 0.2) is 0 Å². The number of piperazine rings is 1. The van der Waals surface area contributed by atoms with Gasteiger partial charge in [-0.1, -0.05) is 60.2 Å². The topological polar surface area (TPSA) is 67.1 Å². The highest BCUT2D eigenvalue weighted by Gasteiger charge is 2.30. The molecule has 1 heterocycles. The summed E-state index contributed by atoms with van der Waals surface area (Å²) in [6, 6.07) is 18.1. The van der Waals surface area contributed by atoms with Crippen LogP contribution in [0.25, 0.3) is 0 Å². The maximum Gasteiger partial charge on any atom is 0.309 e. The number of benzene rings is 2. The SMILES string of the molecule is Cc1ccc([C@@H](CNC(=O)C(=O)N[C@H](C)c2ccccc2)[NH+]2CC[NH+](C)CC2)cc1. The van der Waals surface area contributed by atoms with Crippen LogP contribution in [0.1, 0.15) is 35.7 Å². The van der Waals surface area contributed by atoms with E-state index in [1.165, 1.54) is 16.0 Å². The number of carbonyl (C=O) groups is 2. The van der Waals surface area contributed by atoms with Gasteiger partial charge >= 0.3 is 11.8 Å². The van der Waals surface area contributed by atoms with E-state index >= 15 is 0 Å². The highest BCUT2D eigenvalue weighted by Crippen LogP contribution is 2.12. The molecule has 2 atom stereocenters. The minimum absolute atomic E-state index is 0.141. The van der Waals surface area contributed by atoms with E-state index in [1.807, 2.05) is 37.3 Å². The molecule has 2 aromatic rings. The molecule has 3 rings (SSSR count). The van der Waals surface area contributed by atoms with Gasteiger partial charge in [-0.3, -0.25) is 9.59 Å². The molecule has 6 nitrogen and oxygen atoms in total. The van der Waals surface area contributed by atoms with E-state index in [-0.39, 0.29) is 12.1 Å². The molecule has 0 aromatic heterocycles. The zero-order chi connectivity index (χ0) is 21.5. The molecule has 2 aromatic carbocycles. The third-order valence-corrected chi connectivity index (χ3v) is 6.04. The summed E-state index contributed by atoms with van der Waals surface area (Å²) in [7, 11) is 2.22. The molecule has 2 amide bonds. The summed E-state index contributed by atoms with van der Waals surface area (Å²) >= 11 is 0. The van der Waals surface area contributed by atoms with Crippen LogP contribution in [-0.4, -0.2) is 51.6 Å². The van der Waals surface area contributed by atoms with E-state index in [4.69, 9.17) is 0 Å². The van der Waals surface area contributed by atoms with Gasteiger partial charge in [0.25, 0.3) is 0 Å². The van der Waals surface area contributed by atoms with Gasteiger partial charge < -0.3 is 20.4 Å². The summed E-state index contributed by atoms with van der Waals surface area (Å²) in [5.41, 5.74) is 3.39. The number of hydrogen-bond acceptors (Lipinski definition) is 2. The number of carbonyl (C=O) groups excluding carboxylic acids is 2. The normalized spacial score (nSPS) is 20.8. The second-order valence-corrected chi connectivity index (χ2v) is 8.39. The van der Waals surface area contributed by atoms with Gasteiger partial charge in [-0.15, -0.1) is 0 Å². The average molecular weight is 411 g/mol. The highest BCUT2D eigenvalue weighted by atomic mass is 16.2. The standard InChI is InChI=1S/C24H32N4O2/c1-18-9-11-21(12-10-18)22(28-15-13-27(3)14-16-28)17-25-23(29)24(30)26-19(2)20-7-5-4-6-8-20/h4-12,19,22H,13-17H2,1-3H3,(H,25,29)(H,26,30)/p+2/t19-,22-/m1/s1. The van der Waals surface area contributed by atoms with Crippen molar-refractivity contribution in [3.63, 3.8) is 0 Å². The summed E-state index contributed by atoms with van der Waals surface area (Å²) in [4.78, 5) is 27.9. The number of likely N-dealkylation sites (N-methyl/N-ethyl adjacent to an activating group) is 1. The van der Waals surface area contributed by atoms with Crippen LogP contribution in [0.2, 0.25) is 0 Å². The Kier molecular flexibility index (Phi) is 7.60. The molecule has 0 bridgehead atoms. The minimum Gasteiger partial charge on any atom is -0.341 e.